The van der Waals surface area contributed by atoms with Gasteiger partial charge in [0.2, 0.25) is 0 Å². The van der Waals surface area contributed by atoms with Crippen LogP contribution in [-0.4, -0.2) is 13.0 Å². The van der Waals surface area contributed by atoms with Gasteiger partial charge in [0, 0.05) is 0 Å². The largest absolute Gasteiger partial charge is 1.00 e. The van der Waals surface area contributed by atoms with E-state index in [1.54, 1.807) is 6.07 Å². The molecule has 0 saturated heterocycles. The van der Waals surface area contributed by atoms with Gasteiger partial charge in [-0.3, -0.25) is 0 Å². The zero-order chi connectivity index (χ0) is 17.6. The van der Waals surface area contributed by atoms with Crippen molar-refractivity contribution in [1.82, 2.24) is 0 Å². The standard InChI is InChI=1S/C20H28O3S.K/c1-3-5-7-10-16-12-9-13-19-18(16)15-14-17(11-8-6-4-2)20(19)24(21,22)23;/h9,12-15H,3-8,10-11H2,1-2H3,(H,21,22,23);/q;+1/p-1. The first-order chi connectivity index (χ1) is 11.5. The van der Waals surface area contributed by atoms with E-state index in [9.17, 15) is 13.0 Å². The van der Waals surface area contributed by atoms with Crippen LogP contribution in [0.4, 0.5) is 0 Å². The molecule has 0 N–H and O–H groups in total. The van der Waals surface area contributed by atoms with Crippen LogP contribution in [0.2, 0.25) is 0 Å². The molecule has 0 atom stereocenters. The summed E-state index contributed by atoms with van der Waals surface area (Å²) in [7, 11) is -4.49. The molecule has 0 bridgehead atoms. The Kier molecular flexibility index (Phi) is 10.4. The van der Waals surface area contributed by atoms with E-state index < -0.39 is 10.1 Å². The molecule has 0 aliphatic heterocycles. The SMILES string of the molecule is CCCCCc1ccc2c(CCCCC)cccc2c1S(=O)(=O)[O-].[K+]. The second kappa shape index (κ2) is 11.2. The topological polar surface area (TPSA) is 57.2 Å². The Morgan fingerprint density at radius 1 is 0.800 bits per heavy atom. The molecule has 0 amide bonds. The van der Waals surface area contributed by atoms with E-state index in [0.29, 0.717) is 17.4 Å². The summed E-state index contributed by atoms with van der Waals surface area (Å²) in [6, 6.07) is 9.51. The molecule has 0 fully saturated rings. The monoisotopic (exact) mass is 386 g/mol. The molecule has 132 valence electrons. The van der Waals surface area contributed by atoms with Gasteiger partial charge in [-0.05, 0) is 47.6 Å². The number of aryl methyl sites for hydroxylation is 2. The van der Waals surface area contributed by atoms with Crippen LogP contribution < -0.4 is 51.4 Å². The zero-order valence-corrected chi connectivity index (χ0v) is 19.6. The van der Waals surface area contributed by atoms with Gasteiger partial charge in [0.25, 0.3) is 0 Å². The van der Waals surface area contributed by atoms with Gasteiger partial charge >= 0.3 is 51.4 Å². The average molecular weight is 387 g/mol. The average Bonchev–Trinajstić information content (AvgIpc) is 2.54. The van der Waals surface area contributed by atoms with E-state index >= 15 is 0 Å². The number of hydrogen-bond donors (Lipinski definition) is 0. The molecule has 2 aromatic carbocycles. The van der Waals surface area contributed by atoms with Gasteiger partial charge in [0.1, 0.15) is 10.1 Å². The maximum atomic E-state index is 11.9. The summed E-state index contributed by atoms with van der Waals surface area (Å²) in [4.78, 5) is -0.00607. The zero-order valence-electron chi connectivity index (χ0n) is 15.7. The van der Waals surface area contributed by atoms with Crippen molar-refractivity contribution in [3.8, 4) is 0 Å². The molecule has 0 radical (unpaired) electrons. The molecule has 0 aliphatic rings. The van der Waals surface area contributed by atoms with Gasteiger partial charge in [-0.25, -0.2) is 8.42 Å². The molecule has 0 saturated carbocycles. The fraction of sp³-hybridized carbons (Fsp3) is 0.500. The van der Waals surface area contributed by atoms with Crippen molar-refractivity contribution in [2.75, 3.05) is 0 Å². The van der Waals surface area contributed by atoms with E-state index in [0.717, 1.165) is 55.9 Å². The van der Waals surface area contributed by atoms with Gasteiger partial charge < -0.3 is 4.55 Å². The number of unbranched alkanes of at least 4 members (excludes halogenated alkanes) is 4. The van der Waals surface area contributed by atoms with Crippen LogP contribution in [0.25, 0.3) is 10.8 Å². The molecule has 25 heavy (non-hydrogen) atoms. The second-order valence-corrected chi connectivity index (χ2v) is 7.75. The summed E-state index contributed by atoms with van der Waals surface area (Å²) in [6.07, 6.45) is 7.93. The summed E-state index contributed by atoms with van der Waals surface area (Å²) in [5.74, 6) is 0. The fourth-order valence-electron chi connectivity index (χ4n) is 3.28. The Balaban J connectivity index is 0.00000312. The Bertz CT molecular complexity index is 785. The number of rotatable bonds is 9. The molecular weight excluding hydrogens is 359 g/mol. The quantitative estimate of drug-likeness (QED) is 0.377. The summed E-state index contributed by atoms with van der Waals surface area (Å²) in [5, 5.41) is 1.50. The van der Waals surface area contributed by atoms with Crippen LogP contribution in [0.15, 0.2) is 35.2 Å². The van der Waals surface area contributed by atoms with Crippen molar-refractivity contribution in [2.24, 2.45) is 0 Å². The number of benzene rings is 2. The molecule has 2 rings (SSSR count). The van der Waals surface area contributed by atoms with Crippen LogP contribution >= 0.6 is 0 Å². The van der Waals surface area contributed by atoms with Crippen LogP contribution in [0, 0.1) is 0 Å². The molecule has 0 spiro atoms. The molecule has 0 aromatic heterocycles. The Morgan fingerprint density at radius 2 is 1.40 bits per heavy atom. The van der Waals surface area contributed by atoms with Crippen molar-refractivity contribution in [3.05, 3.63) is 41.5 Å². The third kappa shape index (κ3) is 6.42. The van der Waals surface area contributed by atoms with E-state index in [-0.39, 0.29) is 56.3 Å². The van der Waals surface area contributed by atoms with Gasteiger partial charge in [-0.1, -0.05) is 69.9 Å². The fourth-order valence-corrected chi connectivity index (χ4v) is 4.22. The third-order valence-corrected chi connectivity index (χ3v) is 5.52. The van der Waals surface area contributed by atoms with Crippen molar-refractivity contribution in [2.45, 2.75) is 70.1 Å². The third-order valence-electron chi connectivity index (χ3n) is 4.53. The smallest absolute Gasteiger partial charge is 0.744 e. The minimum Gasteiger partial charge on any atom is -0.744 e. The van der Waals surface area contributed by atoms with E-state index in [4.69, 9.17) is 0 Å². The van der Waals surface area contributed by atoms with Gasteiger partial charge in [0.15, 0.2) is 0 Å². The predicted octanol–water partition coefficient (Wildman–Crippen LogP) is 2.21. The van der Waals surface area contributed by atoms with E-state index in [1.165, 1.54) is 0 Å². The minimum atomic E-state index is -4.49. The van der Waals surface area contributed by atoms with Crippen molar-refractivity contribution < 1.29 is 64.4 Å². The second-order valence-electron chi connectivity index (χ2n) is 6.43. The van der Waals surface area contributed by atoms with Gasteiger partial charge in [-0.2, -0.15) is 0 Å². The molecule has 3 nitrogen and oxygen atoms in total. The molecular formula is C20H27KO3S. The first kappa shape index (κ1) is 23.3. The van der Waals surface area contributed by atoms with Crippen molar-refractivity contribution >= 4 is 20.9 Å². The summed E-state index contributed by atoms with van der Waals surface area (Å²) in [5.41, 5.74) is 1.79. The van der Waals surface area contributed by atoms with Crippen molar-refractivity contribution in [3.63, 3.8) is 0 Å². The van der Waals surface area contributed by atoms with Gasteiger partial charge in [0.05, 0.1) is 4.90 Å². The van der Waals surface area contributed by atoms with Gasteiger partial charge in [-0.15, -0.1) is 0 Å². The Hall–Kier alpha value is 0.246. The first-order valence-corrected chi connectivity index (χ1v) is 10.4. The number of hydrogen-bond acceptors (Lipinski definition) is 3. The normalized spacial score (nSPS) is 11.5. The van der Waals surface area contributed by atoms with Crippen LogP contribution in [0.3, 0.4) is 0 Å². The molecule has 0 aliphatic carbocycles. The summed E-state index contributed by atoms with van der Waals surface area (Å²) < 4.78 is 35.7. The first-order valence-electron chi connectivity index (χ1n) is 8.98. The van der Waals surface area contributed by atoms with E-state index in [1.807, 2.05) is 24.3 Å². The van der Waals surface area contributed by atoms with Crippen LogP contribution in [0.5, 0.6) is 0 Å². The Morgan fingerprint density at radius 3 is 1.96 bits per heavy atom. The van der Waals surface area contributed by atoms with Crippen molar-refractivity contribution in [1.29, 1.82) is 0 Å². The molecule has 0 heterocycles. The minimum absolute atomic E-state index is 0. The molecule has 5 heteroatoms. The predicted molar refractivity (Wildman–Crippen MR) is 98.4 cm³/mol. The maximum Gasteiger partial charge on any atom is 1.00 e. The van der Waals surface area contributed by atoms with Crippen LogP contribution in [0.1, 0.15) is 63.5 Å². The Labute approximate surface area is 194 Å². The molecule has 2 aromatic rings. The summed E-state index contributed by atoms with van der Waals surface area (Å²) in [6.45, 7) is 4.27. The number of fused-ring (bicyclic) bond motifs is 1. The van der Waals surface area contributed by atoms with E-state index in [2.05, 4.69) is 13.8 Å². The summed E-state index contributed by atoms with van der Waals surface area (Å²) >= 11 is 0. The maximum absolute atomic E-state index is 11.9. The molecule has 0 unspecified atom stereocenters. The van der Waals surface area contributed by atoms with Crippen LogP contribution in [-0.2, 0) is 23.0 Å².